The molecule has 0 aromatic heterocycles. The van der Waals surface area contributed by atoms with Crippen LogP contribution in [0.15, 0.2) is 18.2 Å². The highest BCUT2D eigenvalue weighted by Gasteiger charge is 2.43. The number of rotatable bonds is 5. The first-order chi connectivity index (χ1) is 13.9. The van der Waals surface area contributed by atoms with Crippen LogP contribution in [0.2, 0.25) is 0 Å². The fourth-order valence-electron chi connectivity index (χ4n) is 4.35. The van der Waals surface area contributed by atoms with Crippen molar-refractivity contribution in [3.63, 3.8) is 0 Å². The zero-order chi connectivity index (χ0) is 21.0. The monoisotopic (exact) mass is 403 g/mol. The standard InChI is InChI=1S/C22H33N3O4/c1-15(2)23-22(27)25-13-18(17-12-16(28-3)8-9-20(17)29-4)19(14-25)21(26)24-10-6-5-7-11-24/h8-9,12,15,18-19H,5-7,10-11,13-14H2,1-4H3,(H,23,27)/t18-,19+/m1/s1. The molecule has 2 heterocycles. The highest BCUT2D eigenvalue weighted by Crippen LogP contribution is 2.40. The van der Waals surface area contributed by atoms with Gasteiger partial charge in [-0.2, -0.15) is 0 Å². The maximum Gasteiger partial charge on any atom is 0.317 e. The predicted octanol–water partition coefficient (Wildman–Crippen LogP) is 2.85. The Morgan fingerprint density at radius 2 is 1.76 bits per heavy atom. The number of benzene rings is 1. The Balaban J connectivity index is 1.92. The van der Waals surface area contributed by atoms with Crippen molar-refractivity contribution in [1.82, 2.24) is 15.1 Å². The molecule has 0 radical (unpaired) electrons. The van der Waals surface area contributed by atoms with Crippen molar-refractivity contribution in [2.45, 2.75) is 45.1 Å². The Bertz CT molecular complexity index is 731. The molecule has 3 amide bonds. The van der Waals surface area contributed by atoms with E-state index in [-0.39, 0.29) is 29.8 Å². The van der Waals surface area contributed by atoms with Crippen molar-refractivity contribution < 1.29 is 19.1 Å². The number of ether oxygens (including phenoxy) is 2. The van der Waals surface area contributed by atoms with Crippen molar-refractivity contribution in [2.75, 3.05) is 40.4 Å². The van der Waals surface area contributed by atoms with E-state index in [1.165, 1.54) is 6.42 Å². The summed E-state index contributed by atoms with van der Waals surface area (Å²) in [6, 6.07) is 5.57. The van der Waals surface area contributed by atoms with Gasteiger partial charge in [-0.15, -0.1) is 0 Å². The molecule has 2 fully saturated rings. The summed E-state index contributed by atoms with van der Waals surface area (Å²) >= 11 is 0. The molecule has 0 spiro atoms. The van der Waals surface area contributed by atoms with Crippen molar-refractivity contribution in [3.05, 3.63) is 23.8 Å². The van der Waals surface area contributed by atoms with Crippen molar-refractivity contribution >= 4 is 11.9 Å². The first-order valence-electron chi connectivity index (χ1n) is 10.5. The van der Waals surface area contributed by atoms with E-state index in [0.717, 1.165) is 43.0 Å². The van der Waals surface area contributed by atoms with Gasteiger partial charge in [0.1, 0.15) is 11.5 Å². The molecule has 2 saturated heterocycles. The lowest BCUT2D eigenvalue weighted by Gasteiger charge is -2.31. The molecule has 7 nitrogen and oxygen atoms in total. The van der Waals surface area contributed by atoms with Crippen LogP contribution in [-0.2, 0) is 4.79 Å². The number of carbonyl (C=O) groups is 2. The number of hydrogen-bond donors (Lipinski definition) is 1. The first-order valence-corrected chi connectivity index (χ1v) is 10.5. The van der Waals surface area contributed by atoms with E-state index < -0.39 is 0 Å². The van der Waals surface area contributed by atoms with Crippen LogP contribution in [-0.4, -0.2) is 68.2 Å². The first kappa shape index (κ1) is 21.3. The summed E-state index contributed by atoms with van der Waals surface area (Å²) in [6.45, 7) is 6.37. The van der Waals surface area contributed by atoms with Gasteiger partial charge in [0.25, 0.3) is 0 Å². The number of carbonyl (C=O) groups excluding carboxylic acids is 2. The zero-order valence-corrected chi connectivity index (χ0v) is 17.9. The molecule has 0 saturated carbocycles. The fourth-order valence-corrected chi connectivity index (χ4v) is 4.35. The van der Waals surface area contributed by atoms with E-state index in [9.17, 15) is 9.59 Å². The SMILES string of the molecule is COc1ccc(OC)c([C@H]2CN(C(=O)NC(C)C)C[C@@H]2C(=O)N2CCCCC2)c1. The van der Waals surface area contributed by atoms with Gasteiger partial charge in [0, 0.05) is 43.7 Å². The Labute approximate surface area is 173 Å². The van der Waals surface area contributed by atoms with Crippen LogP contribution in [0.5, 0.6) is 11.5 Å². The third-order valence-corrected chi connectivity index (χ3v) is 5.84. The van der Waals surface area contributed by atoms with Crippen LogP contribution in [0.3, 0.4) is 0 Å². The molecular formula is C22H33N3O4. The molecule has 0 unspecified atom stereocenters. The van der Waals surface area contributed by atoms with E-state index in [4.69, 9.17) is 9.47 Å². The highest BCUT2D eigenvalue weighted by atomic mass is 16.5. The average molecular weight is 404 g/mol. The smallest absolute Gasteiger partial charge is 0.317 e. The van der Waals surface area contributed by atoms with Crippen molar-refractivity contribution in [2.24, 2.45) is 5.92 Å². The number of amides is 3. The second-order valence-corrected chi connectivity index (χ2v) is 8.22. The quantitative estimate of drug-likeness (QED) is 0.821. The molecule has 160 valence electrons. The fraction of sp³-hybridized carbons (Fsp3) is 0.636. The van der Waals surface area contributed by atoms with Gasteiger partial charge >= 0.3 is 6.03 Å². The lowest BCUT2D eigenvalue weighted by molar-refractivity contribution is -0.136. The van der Waals surface area contributed by atoms with E-state index >= 15 is 0 Å². The van der Waals surface area contributed by atoms with Gasteiger partial charge in [0.05, 0.1) is 20.1 Å². The summed E-state index contributed by atoms with van der Waals surface area (Å²) < 4.78 is 11.0. The van der Waals surface area contributed by atoms with Crippen molar-refractivity contribution in [3.8, 4) is 11.5 Å². The van der Waals surface area contributed by atoms with Crippen LogP contribution < -0.4 is 14.8 Å². The Kier molecular flexibility index (Phi) is 6.87. The number of urea groups is 1. The third-order valence-electron chi connectivity index (χ3n) is 5.84. The molecule has 0 aliphatic carbocycles. The lowest BCUT2D eigenvalue weighted by Crippen LogP contribution is -2.44. The number of piperidine rings is 1. The topological polar surface area (TPSA) is 71.1 Å². The summed E-state index contributed by atoms with van der Waals surface area (Å²) in [5.74, 6) is 1.16. The molecule has 2 aliphatic rings. The lowest BCUT2D eigenvalue weighted by atomic mass is 9.86. The minimum atomic E-state index is -0.285. The second-order valence-electron chi connectivity index (χ2n) is 8.22. The molecule has 1 aromatic rings. The molecular weight excluding hydrogens is 370 g/mol. The summed E-state index contributed by atoms with van der Waals surface area (Å²) in [4.78, 5) is 29.8. The number of nitrogens with zero attached hydrogens (tertiary/aromatic N) is 2. The highest BCUT2D eigenvalue weighted by molar-refractivity contribution is 5.83. The van der Waals surface area contributed by atoms with E-state index in [0.29, 0.717) is 13.1 Å². The van der Waals surface area contributed by atoms with Gasteiger partial charge in [-0.1, -0.05) is 0 Å². The molecule has 0 bridgehead atoms. The zero-order valence-electron chi connectivity index (χ0n) is 17.9. The summed E-state index contributed by atoms with van der Waals surface area (Å²) in [5.41, 5.74) is 0.919. The number of likely N-dealkylation sites (tertiary alicyclic amines) is 2. The largest absolute Gasteiger partial charge is 0.497 e. The van der Waals surface area contributed by atoms with E-state index in [1.54, 1.807) is 19.1 Å². The Morgan fingerprint density at radius 1 is 1.03 bits per heavy atom. The average Bonchev–Trinajstić information content (AvgIpc) is 3.18. The van der Waals surface area contributed by atoms with Crippen LogP contribution in [0.25, 0.3) is 0 Å². The van der Waals surface area contributed by atoms with Gasteiger partial charge in [-0.25, -0.2) is 4.79 Å². The molecule has 29 heavy (non-hydrogen) atoms. The normalized spacial score (nSPS) is 22.0. The Hall–Kier alpha value is -2.44. The number of hydrogen-bond acceptors (Lipinski definition) is 4. The predicted molar refractivity (Wildman–Crippen MR) is 111 cm³/mol. The molecule has 3 rings (SSSR count). The maximum absolute atomic E-state index is 13.4. The van der Waals surface area contributed by atoms with Crippen molar-refractivity contribution in [1.29, 1.82) is 0 Å². The van der Waals surface area contributed by atoms with Crippen LogP contribution in [0.1, 0.15) is 44.6 Å². The third kappa shape index (κ3) is 4.77. The summed E-state index contributed by atoms with van der Waals surface area (Å²) in [6.07, 6.45) is 3.26. The molecule has 2 atom stereocenters. The Morgan fingerprint density at radius 3 is 2.38 bits per heavy atom. The summed E-state index contributed by atoms with van der Waals surface area (Å²) in [7, 11) is 3.25. The summed E-state index contributed by atoms with van der Waals surface area (Å²) in [5, 5.41) is 2.95. The van der Waals surface area contributed by atoms with E-state index in [1.807, 2.05) is 36.9 Å². The maximum atomic E-state index is 13.4. The van der Waals surface area contributed by atoms with Crippen LogP contribution >= 0.6 is 0 Å². The molecule has 7 heteroatoms. The minimum Gasteiger partial charge on any atom is -0.497 e. The van der Waals surface area contributed by atoms with Gasteiger partial charge in [0.15, 0.2) is 0 Å². The number of nitrogens with one attached hydrogen (secondary N) is 1. The van der Waals surface area contributed by atoms with Crippen LogP contribution in [0, 0.1) is 5.92 Å². The molecule has 1 N–H and O–H groups in total. The number of methoxy groups -OCH3 is 2. The molecule has 2 aliphatic heterocycles. The van der Waals surface area contributed by atoms with Gasteiger partial charge < -0.3 is 24.6 Å². The van der Waals surface area contributed by atoms with Gasteiger partial charge in [0.2, 0.25) is 5.91 Å². The van der Waals surface area contributed by atoms with Crippen LogP contribution in [0.4, 0.5) is 4.79 Å². The van der Waals surface area contributed by atoms with Gasteiger partial charge in [-0.3, -0.25) is 4.79 Å². The van der Waals surface area contributed by atoms with Gasteiger partial charge in [-0.05, 0) is 51.3 Å². The second kappa shape index (κ2) is 9.37. The van der Waals surface area contributed by atoms with E-state index in [2.05, 4.69) is 5.32 Å². The molecule has 1 aromatic carbocycles. The minimum absolute atomic E-state index is 0.0455.